The molecule has 1 aromatic rings. The Morgan fingerprint density at radius 2 is 1.96 bits per heavy atom. The summed E-state index contributed by atoms with van der Waals surface area (Å²) in [5.41, 5.74) is 1.33. The highest BCUT2D eigenvalue weighted by Crippen LogP contribution is 2.27. The van der Waals surface area contributed by atoms with Crippen molar-refractivity contribution in [1.82, 2.24) is 19.8 Å². The standard InChI is InChI=1S/C15H28N4.C2HF3O/c1-15(2,3)13-11-19(10-9-18(4)5)14(17-13)12-7-6-8-16-12;3-2(4,5)1-6/h11-12,16H,6-10H2,1-5H3;1H/t12-;/m0./s1. The predicted octanol–water partition coefficient (Wildman–Crippen LogP) is 2.91. The Balaban J connectivity index is 0.000000450. The van der Waals surface area contributed by atoms with E-state index in [-0.39, 0.29) is 5.41 Å². The predicted molar refractivity (Wildman–Crippen MR) is 91.6 cm³/mol. The highest BCUT2D eigenvalue weighted by Gasteiger charge is 2.26. The zero-order valence-electron chi connectivity index (χ0n) is 15.7. The highest BCUT2D eigenvalue weighted by atomic mass is 19.4. The number of carbonyl (C=O) groups excluding carboxylic acids is 1. The fourth-order valence-electron chi connectivity index (χ4n) is 2.46. The minimum atomic E-state index is -4.64. The van der Waals surface area contributed by atoms with E-state index < -0.39 is 12.5 Å². The molecule has 0 aliphatic carbocycles. The van der Waals surface area contributed by atoms with Crippen LogP contribution in [0.4, 0.5) is 13.2 Å². The van der Waals surface area contributed by atoms with Gasteiger partial charge in [-0.25, -0.2) is 4.98 Å². The molecule has 0 unspecified atom stereocenters. The Kier molecular flexibility index (Phi) is 7.62. The first-order chi connectivity index (χ1) is 11.4. The SMILES string of the molecule is CN(C)CCn1cc(C(C)(C)C)nc1[C@@H]1CCCN1.O=CC(F)(F)F. The fourth-order valence-corrected chi connectivity index (χ4v) is 2.46. The summed E-state index contributed by atoms with van der Waals surface area (Å²) in [6.45, 7) is 9.89. The van der Waals surface area contributed by atoms with Gasteiger partial charge in [0.25, 0.3) is 0 Å². The van der Waals surface area contributed by atoms with E-state index >= 15 is 0 Å². The van der Waals surface area contributed by atoms with Gasteiger partial charge in [0, 0.05) is 24.7 Å². The second-order valence-electron chi connectivity index (χ2n) is 7.54. The molecule has 8 heteroatoms. The van der Waals surface area contributed by atoms with Gasteiger partial charge in [0.2, 0.25) is 6.29 Å². The quantitative estimate of drug-likeness (QED) is 0.837. The van der Waals surface area contributed by atoms with Gasteiger partial charge in [-0.15, -0.1) is 0 Å². The second kappa shape index (κ2) is 8.80. The maximum absolute atomic E-state index is 10.4. The molecule has 0 saturated carbocycles. The molecule has 1 fully saturated rings. The number of likely N-dealkylation sites (N-methyl/N-ethyl adjacent to an activating group) is 1. The largest absolute Gasteiger partial charge is 0.446 e. The summed E-state index contributed by atoms with van der Waals surface area (Å²) in [5, 5.41) is 3.57. The Morgan fingerprint density at radius 3 is 2.36 bits per heavy atom. The third-order valence-corrected chi connectivity index (χ3v) is 3.87. The van der Waals surface area contributed by atoms with Crippen LogP contribution in [0.5, 0.6) is 0 Å². The van der Waals surface area contributed by atoms with Crippen LogP contribution < -0.4 is 5.32 Å². The van der Waals surface area contributed by atoms with E-state index in [0.29, 0.717) is 6.04 Å². The van der Waals surface area contributed by atoms with Crippen molar-refractivity contribution in [1.29, 1.82) is 0 Å². The van der Waals surface area contributed by atoms with E-state index in [1.807, 2.05) is 0 Å². The Labute approximate surface area is 147 Å². The van der Waals surface area contributed by atoms with Crippen LogP contribution in [0.1, 0.15) is 51.2 Å². The van der Waals surface area contributed by atoms with Gasteiger partial charge in [-0.3, -0.25) is 4.79 Å². The number of alkyl halides is 3. The number of aldehydes is 1. The van der Waals surface area contributed by atoms with Crippen LogP contribution in [0, 0.1) is 0 Å². The van der Waals surface area contributed by atoms with Crippen molar-refractivity contribution in [3.8, 4) is 0 Å². The first kappa shape index (κ1) is 21.6. The van der Waals surface area contributed by atoms with Crippen LogP contribution in [0.2, 0.25) is 0 Å². The van der Waals surface area contributed by atoms with Crippen molar-refractivity contribution in [2.75, 3.05) is 27.2 Å². The molecule has 1 aliphatic rings. The topological polar surface area (TPSA) is 50.2 Å². The molecule has 0 bridgehead atoms. The summed E-state index contributed by atoms with van der Waals surface area (Å²) in [6.07, 6.45) is -0.982. The van der Waals surface area contributed by atoms with Gasteiger partial charge in [0.15, 0.2) is 0 Å². The minimum absolute atomic E-state index is 0.122. The summed E-state index contributed by atoms with van der Waals surface area (Å²) in [7, 11) is 4.24. The zero-order chi connectivity index (χ0) is 19.3. The first-order valence-corrected chi connectivity index (χ1v) is 8.43. The molecule has 144 valence electrons. The lowest BCUT2D eigenvalue weighted by Crippen LogP contribution is -2.22. The summed E-state index contributed by atoms with van der Waals surface area (Å²) >= 11 is 0. The normalized spacial score (nSPS) is 18.2. The van der Waals surface area contributed by atoms with E-state index in [0.717, 1.165) is 19.6 Å². The molecule has 0 amide bonds. The molecule has 0 spiro atoms. The van der Waals surface area contributed by atoms with E-state index in [9.17, 15) is 13.2 Å². The van der Waals surface area contributed by atoms with Crippen molar-refractivity contribution >= 4 is 6.29 Å². The van der Waals surface area contributed by atoms with Crippen LogP contribution in [0.25, 0.3) is 0 Å². The number of aromatic nitrogens is 2. The van der Waals surface area contributed by atoms with Crippen LogP contribution in [-0.4, -0.2) is 54.1 Å². The van der Waals surface area contributed by atoms with Crippen LogP contribution in [0.3, 0.4) is 0 Å². The van der Waals surface area contributed by atoms with Crippen molar-refractivity contribution in [2.45, 2.75) is 57.8 Å². The molecular formula is C17H29F3N4O. The molecule has 2 rings (SSSR count). The van der Waals surface area contributed by atoms with Crippen molar-refractivity contribution in [3.63, 3.8) is 0 Å². The fraction of sp³-hybridized carbons (Fsp3) is 0.765. The third kappa shape index (κ3) is 7.56. The molecule has 2 heterocycles. The van der Waals surface area contributed by atoms with Crippen molar-refractivity contribution in [2.24, 2.45) is 0 Å². The molecule has 0 aromatic carbocycles. The minimum Gasteiger partial charge on any atom is -0.332 e. The molecule has 1 aromatic heterocycles. The maximum atomic E-state index is 10.4. The van der Waals surface area contributed by atoms with E-state index in [1.54, 1.807) is 0 Å². The number of carbonyl (C=O) groups is 1. The van der Waals surface area contributed by atoms with Crippen molar-refractivity contribution < 1.29 is 18.0 Å². The average Bonchev–Trinajstić information content (AvgIpc) is 3.13. The lowest BCUT2D eigenvalue weighted by molar-refractivity contribution is -0.156. The Morgan fingerprint density at radius 1 is 1.36 bits per heavy atom. The molecule has 1 N–H and O–H groups in total. The highest BCUT2D eigenvalue weighted by molar-refractivity contribution is 5.56. The molecular weight excluding hydrogens is 333 g/mol. The summed E-state index contributed by atoms with van der Waals surface area (Å²) in [6, 6.07) is 0.443. The van der Waals surface area contributed by atoms with Gasteiger partial charge in [-0.05, 0) is 33.5 Å². The van der Waals surface area contributed by atoms with Crippen LogP contribution in [0.15, 0.2) is 6.20 Å². The average molecular weight is 362 g/mol. The monoisotopic (exact) mass is 362 g/mol. The van der Waals surface area contributed by atoms with Gasteiger partial charge in [0.1, 0.15) is 5.82 Å². The maximum Gasteiger partial charge on any atom is 0.446 e. The lowest BCUT2D eigenvalue weighted by atomic mass is 9.93. The van der Waals surface area contributed by atoms with Gasteiger partial charge in [-0.1, -0.05) is 20.8 Å². The second-order valence-corrected chi connectivity index (χ2v) is 7.54. The zero-order valence-corrected chi connectivity index (χ0v) is 15.7. The number of hydrogen-bond donors (Lipinski definition) is 1. The van der Waals surface area contributed by atoms with Gasteiger partial charge in [-0.2, -0.15) is 13.2 Å². The first-order valence-electron chi connectivity index (χ1n) is 8.43. The van der Waals surface area contributed by atoms with Crippen LogP contribution in [-0.2, 0) is 16.8 Å². The third-order valence-electron chi connectivity index (χ3n) is 3.87. The van der Waals surface area contributed by atoms with Gasteiger partial charge in [0.05, 0.1) is 11.7 Å². The van der Waals surface area contributed by atoms with E-state index in [2.05, 4.69) is 55.8 Å². The molecule has 1 atom stereocenters. The molecule has 5 nitrogen and oxygen atoms in total. The van der Waals surface area contributed by atoms with E-state index in [4.69, 9.17) is 9.78 Å². The van der Waals surface area contributed by atoms with Crippen LogP contribution >= 0.6 is 0 Å². The van der Waals surface area contributed by atoms with Gasteiger partial charge < -0.3 is 14.8 Å². The lowest BCUT2D eigenvalue weighted by Gasteiger charge is -2.15. The summed E-state index contributed by atoms with van der Waals surface area (Å²) in [5.74, 6) is 1.23. The Hall–Kier alpha value is -1.41. The van der Waals surface area contributed by atoms with E-state index in [1.165, 1.54) is 24.4 Å². The summed E-state index contributed by atoms with van der Waals surface area (Å²) < 4.78 is 33.6. The molecule has 1 aliphatic heterocycles. The number of halogens is 3. The number of nitrogens with zero attached hydrogens (tertiary/aromatic N) is 3. The number of rotatable bonds is 4. The molecule has 25 heavy (non-hydrogen) atoms. The number of imidazole rings is 1. The number of hydrogen-bond acceptors (Lipinski definition) is 4. The molecule has 0 radical (unpaired) electrons. The number of nitrogens with one attached hydrogen (secondary N) is 1. The summed E-state index contributed by atoms with van der Waals surface area (Å²) in [4.78, 5) is 15.8. The Bertz CT molecular complexity index is 541. The molecule has 1 saturated heterocycles. The van der Waals surface area contributed by atoms with Crippen molar-refractivity contribution in [3.05, 3.63) is 17.7 Å². The van der Waals surface area contributed by atoms with Gasteiger partial charge >= 0.3 is 6.18 Å². The smallest absolute Gasteiger partial charge is 0.332 e.